The molecule has 5 nitrogen and oxygen atoms in total. The number of carbonyl (C=O) groups excluding carboxylic acids is 1. The summed E-state index contributed by atoms with van der Waals surface area (Å²) < 4.78 is 0. The Morgan fingerprint density at radius 2 is 2.29 bits per heavy atom. The normalized spacial score (nSPS) is 9.79. The Morgan fingerprint density at radius 3 is 2.93 bits per heavy atom. The predicted molar refractivity (Wildman–Crippen MR) is 55.6 cm³/mol. The van der Waals surface area contributed by atoms with Gasteiger partial charge in [-0.25, -0.2) is 4.98 Å². The Balaban J connectivity index is 2.47. The highest BCUT2D eigenvalue weighted by atomic mass is 16.1. The van der Waals surface area contributed by atoms with Gasteiger partial charge in [-0.15, -0.1) is 0 Å². The lowest BCUT2D eigenvalue weighted by Crippen LogP contribution is -2.14. The third-order valence-electron chi connectivity index (χ3n) is 1.65. The first-order valence-corrected chi connectivity index (χ1v) is 4.45. The molecule has 76 valence electrons. The molecule has 0 aromatic carbocycles. The van der Waals surface area contributed by atoms with Gasteiger partial charge in [0, 0.05) is 6.42 Å². The van der Waals surface area contributed by atoms with E-state index in [4.69, 9.17) is 11.5 Å². The number of nitrogens with two attached hydrogens (primary N) is 2. The van der Waals surface area contributed by atoms with E-state index >= 15 is 0 Å². The lowest BCUT2D eigenvalue weighted by Gasteiger charge is -2.03. The highest BCUT2D eigenvalue weighted by Crippen LogP contribution is 2.06. The molecule has 5 N–H and O–H groups in total. The summed E-state index contributed by atoms with van der Waals surface area (Å²) in [6.07, 6.45) is 1.08. The summed E-state index contributed by atoms with van der Waals surface area (Å²) in [5.41, 5.74) is 10.7. The predicted octanol–water partition coefficient (Wildman–Crippen LogP) is 0.341. The molecule has 0 atom stereocenters. The topological polar surface area (TPSA) is 94.0 Å². The summed E-state index contributed by atoms with van der Waals surface area (Å²) in [4.78, 5) is 15.2. The molecule has 0 spiro atoms. The lowest BCUT2D eigenvalue weighted by atomic mass is 10.3. The highest BCUT2D eigenvalue weighted by Gasteiger charge is 2.01. The van der Waals surface area contributed by atoms with Crippen LogP contribution in [0.25, 0.3) is 0 Å². The van der Waals surface area contributed by atoms with E-state index in [9.17, 15) is 4.79 Å². The van der Waals surface area contributed by atoms with Crippen molar-refractivity contribution in [3.63, 3.8) is 0 Å². The van der Waals surface area contributed by atoms with E-state index in [1.54, 1.807) is 18.2 Å². The standard InChI is InChI=1S/C9H14N4O/c10-6-2-5-9(14)13-8-4-1-3-7(11)12-8/h1,3-4H,2,5-6,10H2,(H3,11,12,13,14). The van der Waals surface area contributed by atoms with E-state index in [-0.39, 0.29) is 5.91 Å². The molecule has 0 unspecified atom stereocenters. The van der Waals surface area contributed by atoms with Gasteiger partial charge < -0.3 is 16.8 Å². The molecule has 0 bridgehead atoms. The van der Waals surface area contributed by atoms with Gasteiger partial charge in [0.15, 0.2) is 0 Å². The molecule has 1 heterocycles. The zero-order valence-corrected chi connectivity index (χ0v) is 7.86. The smallest absolute Gasteiger partial charge is 0.225 e. The third kappa shape index (κ3) is 3.40. The summed E-state index contributed by atoms with van der Waals surface area (Å²) in [6.45, 7) is 0.512. The van der Waals surface area contributed by atoms with Crippen LogP contribution in [0.3, 0.4) is 0 Å². The number of amides is 1. The van der Waals surface area contributed by atoms with Gasteiger partial charge in [-0.1, -0.05) is 6.07 Å². The van der Waals surface area contributed by atoms with Crippen molar-refractivity contribution in [3.05, 3.63) is 18.2 Å². The summed E-state index contributed by atoms with van der Waals surface area (Å²) in [5.74, 6) is 0.780. The van der Waals surface area contributed by atoms with Crippen LogP contribution in [0.1, 0.15) is 12.8 Å². The molecule has 5 heteroatoms. The first kappa shape index (κ1) is 10.5. The van der Waals surface area contributed by atoms with Gasteiger partial charge in [-0.3, -0.25) is 4.79 Å². The Labute approximate surface area is 82.5 Å². The SMILES string of the molecule is NCCCC(=O)Nc1cccc(N)n1. The second-order valence-corrected chi connectivity index (χ2v) is 2.89. The van der Waals surface area contributed by atoms with Gasteiger partial charge in [0.2, 0.25) is 5.91 Å². The number of nitrogen functional groups attached to an aromatic ring is 1. The van der Waals surface area contributed by atoms with E-state index in [1.807, 2.05) is 0 Å². The molecule has 0 fully saturated rings. The number of nitrogens with one attached hydrogen (secondary N) is 1. The maximum Gasteiger partial charge on any atom is 0.225 e. The number of anilines is 2. The van der Waals surface area contributed by atoms with Gasteiger partial charge in [0.05, 0.1) is 0 Å². The Morgan fingerprint density at radius 1 is 1.50 bits per heavy atom. The van der Waals surface area contributed by atoms with E-state index in [1.165, 1.54) is 0 Å². The van der Waals surface area contributed by atoms with Crippen molar-refractivity contribution >= 4 is 17.5 Å². The first-order valence-electron chi connectivity index (χ1n) is 4.45. The molecule has 1 rings (SSSR count). The number of hydrogen-bond donors (Lipinski definition) is 3. The number of carbonyl (C=O) groups is 1. The molecule has 0 saturated carbocycles. The molecule has 0 aliphatic rings. The van der Waals surface area contributed by atoms with Crippen LogP contribution in [0.4, 0.5) is 11.6 Å². The zero-order valence-electron chi connectivity index (χ0n) is 7.86. The van der Waals surface area contributed by atoms with Crippen LogP contribution < -0.4 is 16.8 Å². The average Bonchev–Trinajstić information content (AvgIpc) is 2.15. The van der Waals surface area contributed by atoms with Gasteiger partial charge in [-0.05, 0) is 25.1 Å². The van der Waals surface area contributed by atoms with Crippen LogP contribution in [-0.4, -0.2) is 17.4 Å². The minimum Gasteiger partial charge on any atom is -0.384 e. The Kier molecular flexibility index (Phi) is 3.87. The van der Waals surface area contributed by atoms with E-state index in [2.05, 4.69) is 10.3 Å². The Hall–Kier alpha value is -1.62. The summed E-state index contributed by atoms with van der Waals surface area (Å²) in [6, 6.07) is 5.09. The van der Waals surface area contributed by atoms with Crippen LogP contribution >= 0.6 is 0 Å². The van der Waals surface area contributed by atoms with E-state index < -0.39 is 0 Å². The quantitative estimate of drug-likeness (QED) is 0.644. The fourth-order valence-electron chi connectivity index (χ4n) is 0.989. The molecular weight excluding hydrogens is 180 g/mol. The van der Waals surface area contributed by atoms with Gasteiger partial charge in [0.25, 0.3) is 0 Å². The molecule has 1 aromatic rings. The van der Waals surface area contributed by atoms with Crippen LogP contribution in [0.15, 0.2) is 18.2 Å². The fraction of sp³-hybridized carbons (Fsp3) is 0.333. The highest BCUT2D eigenvalue weighted by molar-refractivity contribution is 5.89. The van der Waals surface area contributed by atoms with Crippen molar-refractivity contribution in [3.8, 4) is 0 Å². The molecule has 0 radical (unpaired) electrons. The van der Waals surface area contributed by atoms with Crippen molar-refractivity contribution < 1.29 is 4.79 Å². The van der Waals surface area contributed by atoms with Gasteiger partial charge in [-0.2, -0.15) is 0 Å². The summed E-state index contributed by atoms with van der Waals surface area (Å²) in [7, 11) is 0. The lowest BCUT2D eigenvalue weighted by molar-refractivity contribution is -0.116. The van der Waals surface area contributed by atoms with Gasteiger partial charge in [0.1, 0.15) is 11.6 Å². The molecule has 14 heavy (non-hydrogen) atoms. The van der Waals surface area contributed by atoms with Crippen molar-refractivity contribution in [2.24, 2.45) is 5.73 Å². The monoisotopic (exact) mass is 194 g/mol. The molecular formula is C9H14N4O. The van der Waals surface area contributed by atoms with Gasteiger partial charge >= 0.3 is 0 Å². The number of nitrogens with zero attached hydrogens (tertiary/aromatic N) is 1. The first-order chi connectivity index (χ1) is 6.72. The molecule has 0 aliphatic carbocycles. The number of hydrogen-bond acceptors (Lipinski definition) is 4. The number of rotatable bonds is 4. The van der Waals surface area contributed by atoms with Crippen molar-refractivity contribution in [2.75, 3.05) is 17.6 Å². The molecule has 0 saturated heterocycles. The minimum absolute atomic E-state index is 0.0893. The van der Waals surface area contributed by atoms with E-state index in [0.29, 0.717) is 31.0 Å². The van der Waals surface area contributed by atoms with Crippen molar-refractivity contribution in [1.82, 2.24) is 4.98 Å². The Bertz CT molecular complexity index is 313. The van der Waals surface area contributed by atoms with Crippen LogP contribution in [0.2, 0.25) is 0 Å². The van der Waals surface area contributed by atoms with Crippen LogP contribution in [-0.2, 0) is 4.79 Å². The molecule has 1 aromatic heterocycles. The zero-order chi connectivity index (χ0) is 10.4. The largest absolute Gasteiger partial charge is 0.384 e. The number of aromatic nitrogens is 1. The molecule has 0 aliphatic heterocycles. The second kappa shape index (κ2) is 5.18. The number of pyridine rings is 1. The maximum absolute atomic E-state index is 11.2. The molecule has 1 amide bonds. The van der Waals surface area contributed by atoms with Crippen LogP contribution in [0, 0.1) is 0 Å². The fourth-order valence-corrected chi connectivity index (χ4v) is 0.989. The van der Waals surface area contributed by atoms with Crippen molar-refractivity contribution in [1.29, 1.82) is 0 Å². The van der Waals surface area contributed by atoms with E-state index in [0.717, 1.165) is 0 Å². The second-order valence-electron chi connectivity index (χ2n) is 2.89. The minimum atomic E-state index is -0.0893. The summed E-state index contributed by atoms with van der Waals surface area (Å²) in [5, 5.41) is 2.63. The average molecular weight is 194 g/mol. The van der Waals surface area contributed by atoms with Crippen LogP contribution in [0.5, 0.6) is 0 Å². The van der Waals surface area contributed by atoms with Crippen molar-refractivity contribution in [2.45, 2.75) is 12.8 Å². The maximum atomic E-state index is 11.2. The summed E-state index contributed by atoms with van der Waals surface area (Å²) >= 11 is 0. The third-order valence-corrected chi connectivity index (χ3v) is 1.65.